The van der Waals surface area contributed by atoms with Gasteiger partial charge in [-0.2, -0.15) is 5.26 Å². The highest BCUT2D eigenvalue weighted by Crippen LogP contribution is 2.13. The van der Waals surface area contributed by atoms with Crippen LogP contribution in [0.5, 0.6) is 0 Å². The first-order valence-corrected chi connectivity index (χ1v) is 7.57. The van der Waals surface area contributed by atoms with Crippen LogP contribution in [0.3, 0.4) is 0 Å². The van der Waals surface area contributed by atoms with E-state index in [1.807, 2.05) is 12.1 Å². The Bertz CT molecular complexity index is 912. The molecular formula is C18H15N5O2. The number of furan rings is 1. The highest BCUT2D eigenvalue weighted by atomic mass is 16.3. The molecule has 0 atom stereocenters. The quantitative estimate of drug-likeness (QED) is 0.743. The number of hydrogen-bond acceptors (Lipinski definition) is 6. The van der Waals surface area contributed by atoms with Crippen molar-refractivity contribution in [3.8, 4) is 6.07 Å². The van der Waals surface area contributed by atoms with Crippen molar-refractivity contribution in [3.63, 3.8) is 0 Å². The lowest BCUT2D eigenvalue weighted by Crippen LogP contribution is -2.15. The molecule has 3 rings (SSSR count). The number of carbonyl (C=O) groups is 1. The van der Waals surface area contributed by atoms with Gasteiger partial charge in [0, 0.05) is 11.8 Å². The highest BCUT2D eigenvalue weighted by Gasteiger charge is 2.11. The molecule has 7 heteroatoms. The van der Waals surface area contributed by atoms with Crippen LogP contribution in [0.4, 0.5) is 11.5 Å². The van der Waals surface area contributed by atoms with E-state index in [-0.39, 0.29) is 11.6 Å². The Labute approximate surface area is 144 Å². The Hall–Kier alpha value is -3.66. The third kappa shape index (κ3) is 4.20. The van der Waals surface area contributed by atoms with Crippen LogP contribution in [0.25, 0.3) is 0 Å². The van der Waals surface area contributed by atoms with Gasteiger partial charge in [0.15, 0.2) is 0 Å². The summed E-state index contributed by atoms with van der Waals surface area (Å²) in [5.41, 5.74) is 1.37. The maximum atomic E-state index is 12.4. The Balaban J connectivity index is 1.71. The molecule has 1 aromatic carbocycles. The molecule has 0 aliphatic heterocycles. The topological polar surface area (TPSA) is 104 Å². The zero-order valence-electron chi connectivity index (χ0n) is 13.5. The smallest absolute Gasteiger partial charge is 0.274 e. The number of aromatic nitrogens is 2. The molecule has 0 saturated carbocycles. The lowest BCUT2D eigenvalue weighted by Gasteiger charge is -2.08. The number of amides is 1. The van der Waals surface area contributed by atoms with Gasteiger partial charge in [0.2, 0.25) is 0 Å². The molecule has 0 bridgehead atoms. The van der Waals surface area contributed by atoms with Crippen molar-refractivity contribution in [2.24, 2.45) is 0 Å². The van der Waals surface area contributed by atoms with Gasteiger partial charge in [-0.25, -0.2) is 9.97 Å². The SMILES string of the molecule is Cc1nc(NCc2ccco2)cc(C(=O)Nc2ccc(C#N)cc2)n1. The molecule has 0 fully saturated rings. The third-order valence-corrected chi connectivity index (χ3v) is 3.37. The average molecular weight is 333 g/mol. The summed E-state index contributed by atoms with van der Waals surface area (Å²) in [7, 11) is 0. The minimum absolute atomic E-state index is 0.249. The first kappa shape index (κ1) is 16.2. The van der Waals surface area contributed by atoms with Crippen LogP contribution >= 0.6 is 0 Å². The number of aryl methyl sites for hydroxylation is 1. The van der Waals surface area contributed by atoms with Gasteiger partial charge >= 0.3 is 0 Å². The fraction of sp³-hybridized carbons (Fsp3) is 0.111. The van der Waals surface area contributed by atoms with Crippen molar-refractivity contribution in [2.45, 2.75) is 13.5 Å². The van der Waals surface area contributed by atoms with Gasteiger partial charge in [-0.15, -0.1) is 0 Å². The van der Waals surface area contributed by atoms with E-state index in [9.17, 15) is 4.79 Å². The van der Waals surface area contributed by atoms with Crippen molar-refractivity contribution in [1.82, 2.24) is 9.97 Å². The van der Waals surface area contributed by atoms with E-state index in [1.54, 1.807) is 49.6 Å². The summed E-state index contributed by atoms with van der Waals surface area (Å²) in [6.07, 6.45) is 1.60. The normalized spacial score (nSPS) is 10.1. The van der Waals surface area contributed by atoms with Gasteiger partial charge in [0.1, 0.15) is 23.1 Å². The number of nitriles is 1. The molecular weight excluding hydrogens is 318 g/mol. The molecule has 25 heavy (non-hydrogen) atoms. The van der Waals surface area contributed by atoms with Gasteiger partial charge in [-0.3, -0.25) is 4.79 Å². The number of hydrogen-bond donors (Lipinski definition) is 2. The van der Waals surface area contributed by atoms with Crippen LogP contribution in [-0.2, 0) is 6.54 Å². The average Bonchev–Trinajstić information content (AvgIpc) is 3.14. The third-order valence-electron chi connectivity index (χ3n) is 3.37. The van der Waals surface area contributed by atoms with Crippen molar-refractivity contribution >= 4 is 17.4 Å². The predicted molar refractivity (Wildman–Crippen MR) is 91.9 cm³/mol. The molecule has 1 amide bonds. The van der Waals surface area contributed by atoms with E-state index in [4.69, 9.17) is 9.68 Å². The fourth-order valence-electron chi connectivity index (χ4n) is 2.19. The van der Waals surface area contributed by atoms with E-state index in [1.165, 1.54) is 0 Å². The van der Waals surface area contributed by atoms with E-state index in [2.05, 4.69) is 20.6 Å². The largest absolute Gasteiger partial charge is 0.467 e. The lowest BCUT2D eigenvalue weighted by molar-refractivity contribution is 0.102. The second-order valence-corrected chi connectivity index (χ2v) is 5.26. The molecule has 2 aromatic heterocycles. The summed E-state index contributed by atoms with van der Waals surface area (Å²) < 4.78 is 5.25. The van der Waals surface area contributed by atoms with E-state index >= 15 is 0 Å². The van der Waals surface area contributed by atoms with Gasteiger partial charge < -0.3 is 15.1 Å². The van der Waals surface area contributed by atoms with Crippen molar-refractivity contribution < 1.29 is 9.21 Å². The molecule has 7 nitrogen and oxygen atoms in total. The number of nitrogens with one attached hydrogen (secondary N) is 2. The highest BCUT2D eigenvalue weighted by molar-refractivity contribution is 6.03. The molecule has 0 unspecified atom stereocenters. The summed E-state index contributed by atoms with van der Waals surface area (Å²) in [5.74, 6) is 1.43. The molecule has 2 heterocycles. The molecule has 0 spiro atoms. The summed E-state index contributed by atoms with van der Waals surface area (Å²) in [4.78, 5) is 20.8. The van der Waals surface area contributed by atoms with Gasteiger partial charge in [-0.05, 0) is 43.3 Å². The van der Waals surface area contributed by atoms with Crippen LogP contribution in [0.1, 0.15) is 27.6 Å². The lowest BCUT2D eigenvalue weighted by atomic mass is 10.2. The van der Waals surface area contributed by atoms with Crippen LogP contribution in [0.15, 0.2) is 53.1 Å². The van der Waals surface area contributed by atoms with Gasteiger partial charge in [0.05, 0.1) is 24.4 Å². The molecule has 0 saturated heterocycles. The zero-order chi connectivity index (χ0) is 17.6. The van der Waals surface area contributed by atoms with E-state index in [0.717, 1.165) is 5.76 Å². The Morgan fingerprint density at radius 2 is 2.04 bits per heavy atom. The minimum Gasteiger partial charge on any atom is -0.467 e. The number of nitrogens with zero attached hydrogens (tertiary/aromatic N) is 3. The van der Waals surface area contributed by atoms with Crippen LogP contribution in [-0.4, -0.2) is 15.9 Å². The molecule has 124 valence electrons. The second-order valence-electron chi connectivity index (χ2n) is 5.26. The number of anilines is 2. The molecule has 0 aliphatic rings. The van der Waals surface area contributed by atoms with Crippen molar-refractivity contribution in [3.05, 3.63) is 71.6 Å². The zero-order valence-corrected chi connectivity index (χ0v) is 13.5. The first-order chi connectivity index (χ1) is 12.1. The standard InChI is InChI=1S/C18H15N5O2/c1-12-21-16(9-17(22-12)20-11-15-3-2-8-25-15)18(24)23-14-6-4-13(10-19)5-7-14/h2-9H,11H2,1H3,(H,23,24)(H,20,21,22). The fourth-order valence-corrected chi connectivity index (χ4v) is 2.19. The van der Waals surface area contributed by atoms with Crippen LogP contribution < -0.4 is 10.6 Å². The summed E-state index contributed by atoms with van der Waals surface area (Å²) >= 11 is 0. The van der Waals surface area contributed by atoms with Crippen LogP contribution in [0.2, 0.25) is 0 Å². The summed E-state index contributed by atoms with van der Waals surface area (Å²) in [5, 5.41) is 14.7. The first-order valence-electron chi connectivity index (χ1n) is 7.57. The van der Waals surface area contributed by atoms with E-state index < -0.39 is 0 Å². The predicted octanol–water partition coefficient (Wildman–Crippen LogP) is 3.11. The Kier molecular flexibility index (Phi) is 4.72. The molecule has 0 aliphatic carbocycles. The maximum absolute atomic E-state index is 12.4. The van der Waals surface area contributed by atoms with Crippen molar-refractivity contribution in [1.29, 1.82) is 5.26 Å². The van der Waals surface area contributed by atoms with Crippen LogP contribution in [0, 0.1) is 18.3 Å². The second kappa shape index (κ2) is 7.27. The molecule has 2 N–H and O–H groups in total. The van der Waals surface area contributed by atoms with Gasteiger partial charge in [-0.1, -0.05) is 0 Å². The summed E-state index contributed by atoms with van der Waals surface area (Å²) in [6.45, 7) is 2.18. The Morgan fingerprint density at radius 1 is 1.24 bits per heavy atom. The van der Waals surface area contributed by atoms with Crippen molar-refractivity contribution in [2.75, 3.05) is 10.6 Å². The number of benzene rings is 1. The Morgan fingerprint density at radius 3 is 2.72 bits per heavy atom. The molecule has 0 radical (unpaired) electrons. The molecule has 3 aromatic rings. The number of carbonyl (C=O) groups excluding carboxylic acids is 1. The van der Waals surface area contributed by atoms with Gasteiger partial charge in [0.25, 0.3) is 5.91 Å². The monoisotopic (exact) mass is 333 g/mol. The number of rotatable bonds is 5. The summed E-state index contributed by atoms with van der Waals surface area (Å²) in [6, 6.07) is 13.9. The van der Waals surface area contributed by atoms with E-state index in [0.29, 0.717) is 29.4 Å². The maximum Gasteiger partial charge on any atom is 0.274 e. The minimum atomic E-state index is -0.351.